The summed E-state index contributed by atoms with van der Waals surface area (Å²) in [5.41, 5.74) is -1.42. The summed E-state index contributed by atoms with van der Waals surface area (Å²) in [7, 11) is 4.98. The third-order valence-electron chi connectivity index (χ3n) is 12.3. The topological polar surface area (TPSA) is 197 Å². The fraction of sp³-hybridized carbons (Fsp3) is 0.619. The molecule has 10 unspecified atom stereocenters. The van der Waals surface area contributed by atoms with Crippen LogP contribution in [-0.2, 0) is 42.7 Å². The molecule has 0 spiro atoms. The van der Waals surface area contributed by atoms with E-state index in [1.165, 1.54) is 25.3 Å². The normalized spacial score (nSPS) is 36.7. The minimum atomic E-state index is -1.71. The number of Topliss-reactive ketones (excluding diaryl/α,β-unsaturated/α-hetero) is 1. The highest BCUT2D eigenvalue weighted by atomic mass is 16.7. The van der Waals surface area contributed by atoms with Gasteiger partial charge in [0.1, 0.15) is 30.0 Å². The van der Waals surface area contributed by atoms with Crippen molar-refractivity contribution in [2.24, 2.45) is 0 Å². The lowest BCUT2D eigenvalue weighted by atomic mass is 9.67. The smallest absolute Gasteiger partial charge is 0.316 e. The molecule has 0 bridgehead atoms. The average Bonchev–Trinajstić information content (AvgIpc) is 3.17. The minimum absolute atomic E-state index is 0.0132. The summed E-state index contributed by atoms with van der Waals surface area (Å²) in [6.45, 7) is 7.02. The molecule has 0 saturated carbocycles. The standard InChI is InChI=1S/C42H53NO14/c1-8-42(50)18-29(33-24(35(42)41(49)51-7)15-25-34(38(33)48)37(47)23-12-10-9-11-22(23)36(25)46)55-31-16-26(43(5)6)39(20(3)53-31)57-32-17-28(45)40(21(4)54-32)56-30-14-13-27(44)19(2)52-30/h9-12,15,19-21,26,28-32,35,39-40,45,48,50H,8,13-14,16-18H2,1-7H3/t19?,20?,21?,26?,28?,29-,30?,31?,32?,35-,39?,40?,42+/m0/s1. The number of aliphatic hydroxyl groups is 2. The summed E-state index contributed by atoms with van der Waals surface area (Å²) >= 11 is 0. The van der Waals surface area contributed by atoms with E-state index in [4.69, 9.17) is 33.2 Å². The third-order valence-corrected chi connectivity index (χ3v) is 12.3. The molecule has 0 amide bonds. The fourth-order valence-electron chi connectivity index (χ4n) is 9.19. The van der Waals surface area contributed by atoms with Gasteiger partial charge >= 0.3 is 5.97 Å². The molecule has 3 aliphatic heterocycles. The Morgan fingerprint density at radius 1 is 0.895 bits per heavy atom. The number of carbonyl (C=O) groups excluding carboxylic acids is 4. The van der Waals surface area contributed by atoms with Crippen LogP contribution in [0.25, 0.3) is 0 Å². The second kappa shape index (κ2) is 16.2. The van der Waals surface area contributed by atoms with Gasteiger partial charge in [-0.3, -0.25) is 19.2 Å². The third kappa shape index (κ3) is 7.58. The predicted molar refractivity (Wildman–Crippen MR) is 200 cm³/mol. The van der Waals surface area contributed by atoms with E-state index in [0.717, 1.165) is 0 Å². The first kappa shape index (κ1) is 41.5. The van der Waals surface area contributed by atoms with Gasteiger partial charge in [-0.2, -0.15) is 0 Å². The molecule has 15 heteroatoms. The van der Waals surface area contributed by atoms with Crippen LogP contribution in [-0.4, -0.2) is 132 Å². The van der Waals surface area contributed by atoms with Gasteiger partial charge in [-0.05, 0) is 52.9 Å². The number of benzene rings is 2. The van der Waals surface area contributed by atoms with Crippen LogP contribution in [0.3, 0.4) is 0 Å². The number of likely N-dealkylation sites (N-methyl/N-ethyl adjacent to an activating group) is 1. The number of hydrogen-bond donors (Lipinski definition) is 3. The summed E-state index contributed by atoms with van der Waals surface area (Å²) in [5.74, 6) is -3.58. The summed E-state index contributed by atoms with van der Waals surface area (Å²) in [6, 6.07) is 7.45. The van der Waals surface area contributed by atoms with E-state index >= 15 is 0 Å². The first-order chi connectivity index (χ1) is 27.1. The van der Waals surface area contributed by atoms with Crippen LogP contribution < -0.4 is 0 Å². The number of phenols is 1. The highest BCUT2D eigenvalue weighted by Crippen LogP contribution is 2.53. The Balaban J connectivity index is 1.12. The summed E-state index contributed by atoms with van der Waals surface area (Å²) in [5, 5.41) is 35.2. The number of aromatic hydroxyl groups is 1. The highest BCUT2D eigenvalue weighted by Gasteiger charge is 2.53. The average molecular weight is 796 g/mol. The highest BCUT2D eigenvalue weighted by molar-refractivity contribution is 6.29. The number of ketones is 3. The van der Waals surface area contributed by atoms with Gasteiger partial charge in [-0.1, -0.05) is 31.2 Å². The largest absolute Gasteiger partial charge is 0.507 e. The Bertz CT molecular complexity index is 1890. The van der Waals surface area contributed by atoms with E-state index in [1.807, 2.05) is 25.9 Å². The molecule has 0 aromatic heterocycles. The monoisotopic (exact) mass is 795 g/mol. The molecular formula is C42H53NO14. The van der Waals surface area contributed by atoms with Crippen LogP contribution in [0.4, 0.5) is 0 Å². The summed E-state index contributed by atoms with van der Waals surface area (Å²) in [4.78, 5) is 54.9. The Hall–Kier alpha value is -3.64. The first-order valence-electron chi connectivity index (χ1n) is 19.7. The summed E-state index contributed by atoms with van der Waals surface area (Å²) < 4.78 is 42.7. The molecule has 15 nitrogen and oxygen atoms in total. The van der Waals surface area contributed by atoms with Gasteiger partial charge in [0.15, 0.2) is 36.2 Å². The second-order valence-electron chi connectivity index (χ2n) is 16.1. The molecule has 3 saturated heterocycles. The maximum atomic E-state index is 13.9. The zero-order valence-electron chi connectivity index (χ0n) is 33.3. The van der Waals surface area contributed by atoms with Crippen molar-refractivity contribution in [3.63, 3.8) is 0 Å². The zero-order chi connectivity index (χ0) is 41.1. The van der Waals surface area contributed by atoms with Gasteiger partial charge in [0.25, 0.3) is 0 Å². The number of phenolic OH excluding ortho intramolecular Hbond substituents is 1. The van der Waals surface area contributed by atoms with Crippen LogP contribution in [0.15, 0.2) is 30.3 Å². The number of aliphatic hydroxyl groups excluding tert-OH is 1. The Labute approximate surface area is 331 Å². The van der Waals surface area contributed by atoms with Crippen molar-refractivity contribution < 1.29 is 67.7 Å². The summed E-state index contributed by atoms with van der Waals surface area (Å²) in [6.07, 6.45) is -6.25. The van der Waals surface area contributed by atoms with Crippen LogP contribution in [0.5, 0.6) is 5.75 Å². The van der Waals surface area contributed by atoms with Gasteiger partial charge in [0.2, 0.25) is 0 Å². The number of ether oxygens (including phenoxy) is 7. The molecule has 2 aromatic rings. The van der Waals surface area contributed by atoms with Gasteiger partial charge in [-0.15, -0.1) is 0 Å². The zero-order valence-corrected chi connectivity index (χ0v) is 33.3. The van der Waals surface area contributed by atoms with Crippen molar-refractivity contribution >= 4 is 23.3 Å². The second-order valence-corrected chi connectivity index (χ2v) is 16.1. The quantitative estimate of drug-likeness (QED) is 0.266. The van der Waals surface area contributed by atoms with E-state index in [9.17, 15) is 34.5 Å². The van der Waals surface area contributed by atoms with E-state index in [1.54, 1.807) is 32.9 Å². The lowest BCUT2D eigenvalue weighted by molar-refractivity contribution is -0.324. The van der Waals surface area contributed by atoms with Crippen molar-refractivity contribution in [3.05, 3.63) is 63.7 Å². The first-order valence-corrected chi connectivity index (χ1v) is 19.7. The van der Waals surface area contributed by atoms with E-state index < -0.39 is 96.4 Å². The fourth-order valence-corrected chi connectivity index (χ4v) is 9.19. The van der Waals surface area contributed by atoms with Crippen LogP contribution >= 0.6 is 0 Å². The van der Waals surface area contributed by atoms with Crippen molar-refractivity contribution in [1.29, 1.82) is 0 Å². The molecule has 0 radical (unpaired) electrons. The molecule has 7 rings (SSSR count). The Morgan fingerprint density at radius 3 is 2.14 bits per heavy atom. The maximum absolute atomic E-state index is 13.9. The van der Waals surface area contributed by atoms with Gasteiger partial charge in [-0.25, -0.2) is 0 Å². The predicted octanol–water partition coefficient (Wildman–Crippen LogP) is 3.45. The molecule has 3 fully saturated rings. The SMILES string of the molecule is CC[C@@]1(O)C[C@H](OC2CC(N(C)C)C(OC3CC(O)C(OC4CCC(=O)C(C)O4)C(C)O3)C(C)O2)c2c(cc3c(c2O)C(=O)c2ccccc2C3=O)[C@H]1C(=O)OC. The number of esters is 1. The van der Waals surface area contributed by atoms with Gasteiger partial charge in [0.05, 0.1) is 42.7 Å². The molecule has 5 aliphatic rings. The molecule has 2 aliphatic carbocycles. The number of carbonyl (C=O) groups is 4. The molecule has 2 aromatic carbocycles. The van der Waals surface area contributed by atoms with E-state index in [-0.39, 0.29) is 70.9 Å². The van der Waals surface area contributed by atoms with Crippen LogP contribution in [0, 0.1) is 0 Å². The molecular weight excluding hydrogens is 742 g/mol. The van der Waals surface area contributed by atoms with Crippen LogP contribution in [0.1, 0.15) is 121 Å². The van der Waals surface area contributed by atoms with Crippen molar-refractivity contribution in [1.82, 2.24) is 4.90 Å². The number of rotatable bonds is 9. The maximum Gasteiger partial charge on any atom is 0.316 e. The van der Waals surface area contributed by atoms with E-state index in [0.29, 0.717) is 12.8 Å². The van der Waals surface area contributed by atoms with Gasteiger partial charge < -0.3 is 53.4 Å². The Kier molecular flexibility index (Phi) is 11.8. The molecule has 310 valence electrons. The number of methoxy groups -OCH3 is 1. The van der Waals surface area contributed by atoms with Crippen molar-refractivity contribution in [2.75, 3.05) is 21.2 Å². The molecule has 3 heterocycles. The lowest BCUT2D eigenvalue weighted by Crippen LogP contribution is -2.58. The number of fused-ring (bicyclic) bond motifs is 3. The van der Waals surface area contributed by atoms with E-state index in [2.05, 4.69) is 0 Å². The Morgan fingerprint density at radius 2 is 1.53 bits per heavy atom. The van der Waals surface area contributed by atoms with Crippen molar-refractivity contribution in [2.45, 2.75) is 145 Å². The van der Waals surface area contributed by atoms with Crippen LogP contribution in [0.2, 0.25) is 0 Å². The molecule has 3 N–H and O–H groups in total. The lowest BCUT2D eigenvalue weighted by Gasteiger charge is -2.48. The number of hydrogen-bond acceptors (Lipinski definition) is 15. The van der Waals surface area contributed by atoms with Crippen molar-refractivity contribution in [3.8, 4) is 5.75 Å². The molecule has 13 atom stereocenters. The van der Waals surface area contributed by atoms with Gasteiger partial charge in [0, 0.05) is 60.4 Å². The minimum Gasteiger partial charge on any atom is -0.507 e. The number of nitrogens with zero attached hydrogens (tertiary/aromatic N) is 1. The molecule has 57 heavy (non-hydrogen) atoms.